The minimum Gasteiger partial charge on any atom is -0.390 e. The van der Waals surface area contributed by atoms with Gasteiger partial charge in [-0.25, -0.2) is 18.1 Å². The molecule has 8 heteroatoms. The number of aromatic nitrogens is 2. The van der Waals surface area contributed by atoms with Crippen molar-refractivity contribution in [3.63, 3.8) is 0 Å². The van der Waals surface area contributed by atoms with Crippen molar-refractivity contribution in [2.24, 2.45) is 7.05 Å². The van der Waals surface area contributed by atoms with Gasteiger partial charge in [-0.1, -0.05) is 0 Å². The Balaban J connectivity index is 2.26. The third-order valence-electron chi connectivity index (χ3n) is 3.22. The summed E-state index contributed by atoms with van der Waals surface area (Å²) in [5.41, 5.74) is 1.39. The van der Waals surface area contributed by atoms with E-state index < -0.39 is 10.0 Å². The molecule has 0 amide bonds. The SMILES string of the molecule is Cc1nc(C)c(C(C)NS(=O)(=O)c2cc(CO)n(C)c2)s1. The van der Waals surface area contributed by atoms with Gasteiger partial charge in [0, 0.05) is 23.8 Å². The van der Waals surface area contributed by atoms with Crippen molar-refractivity contribution in [3.05, 3.63) is 33.5 Å². The second-order valence-corrected chi connectivity index (χ2v) is 7.91. The number of nitrogens with one attached hydrogen (secondary N) is 1. The summed E-state index contributed by atoms with van der Waals surface area (Å²) in [4.78, 5) is 5.38. The van der Waals surface area contributed by atoms with Gasteiger partial charge >= 0.3 is 0 Å². The monoisotopic (exact) mass is 329 g/mol. The first kappa shape index (κ1) is 16.2. The summed E-state index contributed by atoms with van der Waals surface area (Å²) in [7, 11) is -1.93. The van der Waals surface area contributed by atoms with Gasteiger partial charge < -0.3 is 9.67 Å². The zero-order valence-electron chi connectivity index (χ0n) is 12.4. The molecule has 0 fully saturated rings. The standard InChI is InChI=1S/C13H19N3O3S2/c1-8-13(20-10(3)14-8)9(2)15-21(18,19)12-5-11(7-17)16(4)6-12/h5-6,9,15,17H,7H2,1-4H3. The van der Waals surface area contributed by atoms with Gasteiger partial charge in [-0.05, 0) is 26.8 Å². The molecule has 0 saturated heterocycles. The number of hydrogen-bond donors (Lipinski definition) is 2. The first-order chi connectivity index (χ1) is 9.74. The maximum Gasteiger partial charge on any atom is 0.242 e. The van der Waals surface area contributed by atoms with Crippen molar-refractivity contribution in [1.82, 2.24) is 14.3 Å². The molecule has 2 aromatic heterocycles. The number of rotatable bonds is 5. The molecule has 2 N–H and O–H groups in total. The largest absolute Gasteiger partial charge is 0.390 e. The highest BCUT2D eigenvalue weighted by Gasteiger charge is 2.23. The molecule has 0 aromatic carbocycles. The molecule has 1 unspecified atom stereocenters. The Morgan fingerprint density at radius 3 is 2.62 bits per heavy atom. The second-order valence-electron chi connectivity index (χ2n) is 4.96. The maximum absolute atomic E-state index is 12.4. The Hall–Kier alpha value is -1.22. The summed E-state index contributed by atoms with van der Waals surface area (Å²) < 4.78 is 29.0. The van der Waals surface area contributed by atoms with Crippen molar-refractivity contribution in [1.29, 1.82) is 0 Å². The number of sulfonamides is 1. The minimum absolute atomic E-state index is 0.153. The van der Waals surface area contributed by atoms with E-state index in [1.165, 1.54) is 23.6 Å². The highest BCUT2D eigenvalue weighted by Crippen LogP contribution is 2.26. The van der Waals surface area contributed by atoms with Crippen LogP contribution in [0.15, 0.2) is 17.2 Å². The van der Waals surface area contributed by atoms with Crippen molar-refractivity contribution in [3.8, 4) is 0 Å². The molecule has 0 bridgehead atoms. The van der Waals surface area contributed by atoms with Crippen molar-refractivity contribution >= 4 is 21.4 Å². The van der Waals surface area contributed by atoms with E-state index in [1.54, 1.807) is 18.5 Å². The van der Waals surface area contributed by atoms with Crippen LogP contribution in [-0.4, -0.2) is 23.1 Å². The lowest BCUT2D eigenvalue weighted by Crippen LogP contribution is -2.26. The summed E-state index contributed by atoms with van der Waals surface area (Å²) >= 11 is 1.49. The Morgan fingerprint density at radius 1 is 1.48 bits per heavy atom. The fraction of sp³-hybridized carbons (Fsp3) is 0.462. The zero-order chi connectivity index (χ0) is 15.8. The van der Waals surface area contributed by atoms with Crippen LogP contribution >= 0.6 is 11.3 Å². The lowest BCUT2D eigenvalue weighted by molar-refractivity contribution is 0.272. The van der Waals surface area contributed by atoms with Crippen LogP contribution in [0.5, 0.6) is 0 Å². The third kappa shape index (κ3) is 3.34. The van der Waals surface area contributed by atoms with Crippen molar-refractivity contribution in [2.45, 2.75) is 38.3 Å². The Bertz CT molecular complexity index is 747. The molecule has 0 aliphatic carbocycles. The quantitative estimate of drug-likeness (QED) is 0.873. The average molecular weight is 329 g/mol. The first-order valence-electron chi connectivity index (χ1n) is 6.47. The summed E-state index contributed by atoms with van der Waals surface area (Å²) in [5, 5.41) is 10.1. The number of thiazole rings is 1. The van der Waals surface area contributed by atoms with Crippen LogP contribution in [0, 0.1) is 13.8 Å². The van der Waals surface area contributed by atoms with Gasteiger partial charge in [0.05, 0.1) is 28.2 Å². The molecular formula is C13H19N3O3S2. The molecule has 2 rings (SSSR count). The molecule has 6 nitrogen and oxygen atoms in total. The molecule has 0 radical (unpaired) electrons. The molecule has 0 aliphatic rings. The van der Waals surface area contributed by atoms with E-state index in [0.29, 0.717) is 5.69 Å². The third-order valence-corrected chi connectivity index (χ3v) is 5.98. The lowest BCUT2D eigenvalue weighted by Gasteiger charge is -2.12. The normalized spacial score (nSPS) is 13.6. The van der Waals surface area contributed by atoms with Gasteiger partial charge in [0.2, 0.25) is 10.0 Å². The summed E-state index contributed by atoms with van der Waals surface area (Å²) in [5.74, 6) is 0. The smallest absolute Gasteiger partial charge is 0.242 e. The molecule has 116 valence electrons. The van der Waals surface area contributed by atoms with Crippen LogP contribution in [0.2, 0.25) is 0 Å². The molecule has 0 saturated carbocycles. The van der Waals surface area contributed by atoms with E-state index >= 15 is 0 Å². The predicted octanol–water partition coefficient (Wildman–Crippen LogP) is 1.63. The van der Waals surface area contributed by atoms with Crippen LogP contribution in [0.3, 0.4) is 0 Å². The van der Waals surface area contributed by atoms with E-state index in [4.69, 9.17) is 5.11 Å². The van der Waals surface area contributed by atoms with Gasteiger partial charge in [0.1, 0.15) is 0 Å². The van der Waals surface area contributed by atoms with Crippen LogP contribution < -0.4 is 4.72 Å². The summed E-state index contributed by atoms with van der Waals surface area (Å²) in [6.07, 6.45) is 1.49. The zero-order valence-corrected chi connectivity index (χ0v) is 14.0. The maximum atomic E-state index is 12.4. The van der Waals surface area contributed by atoms with E-state index in [0.717, 1.165) is 15.6 Å². The molecule has 21 heavy (non-hydrogen) atoms. The average Bonchev–Trinajstić information content (AvgIpc) is 2.91. The van der Waals surface area contributed by atoms with Gasteiger partial charge in [-0.3, -0.25) is 0 Å². The van der Waals surface area contributed by atoms with Gasteiger partial charge in [-0.2, -0.15) is 0 Å². The van der Waals surface area contributed by atoms with Crippen LogP contribution in [0.25, 0.3) is 0 Å². The molecule has 0 aliphatic heterocycles. The van der Waals surface area contributed by atoms with E-state index in [9.17, 15) is 8.42 Å². The number of aliphatic hydroxyl groups excluding tert-OH is 1. The fourth-order valence-corrected chi connectivity index (χ4v) is 4.50. The number of nitrogens with zero attached hydrogens (tertiary/aromatic N) is 2. The van der Waals surface area contributed by atoms with Crippen LogP contribution in [0.1, 0.15) is 34.2 Å². The molecule has 2 heterocycles. The Kier molecular flexibility index (Phi) is 4.52. The van der Waals surface area contributed by atoms with Crippen LogP contribution in [-0.2, 0) is 23.7 Å². The van der Waals surface area contributed by atoms with Crippen molar-refractivity contribution in [2.75, 3.05) is 0 Å². The highest BCUT2D eigenvalue weighted by atomic mass is 32.2. The number of hydrogen-bond acceptors (Lipinski definition) is 5. The molecule has 1 atom stereocenters. The van der Waals surface area contributed by atoms with Crippen LogP contribution in [0.4, 0.5) is 0 Å². The molecule has 0 spiro atoms. The Labute approximate surface area is 128 Å². The predicted molar refractivity (Wildman–Crippen MR) is 81.7 cm³/mol. The minimum atomic E-state index is -3.63. The van der Waals surface area contributed by atoms with E-state index in [1.807, 2.05) is 13.8 Å². The number of aryl methyl sites for hydroxylation is 3. The highest BCUT2D eigenvalue weighted by molar-refractivity contribution is 7.89. The topological polar surface area (TPSA) is 84.2 Å². The molecule has 2 aromatic rings. The molecular weight excluding hydrogens is 310 g/mol. The Morgan fingerprint density at radius 2 is 2.14 bits per heavy atom. The first-order valence-corrected chi connectivity index (χ1v) is 8.77. The van der Waals surface area contributed by atoms with Crippen molar-refractivity contribution < 1.29 is 13.5 Å². The van der Waals surface area contributed by atoms with Gasteiger partial charge in [-0.15, -0.1) is 11.3 Å². The fourth-order valence-electron chi connectivity index (χ4n) is 2.18. The van der Waals surface area contributed by atoms with E-state index in [-0.39, 0.29) is 17.5 Å². The lowest BCUT2D eigenvalue weighted by atomic mass is 10.2. The summed E-state index contributed by atoms with van der Waals surface area (Å²) in [6, 6.07) is 1.12. The van der Waals surface area contributed by atoms with E-state index in [2.05, 4.69) is 9.71 Å². The van der Waals surface area contributed by atoms with Gasteiger partial charge in [0.15, 0.2) is 0 Å². The second kappa shape index (κ2) is 5.88. The van der Waals surface area contributed by atoms with Gasteiger partial charge in [0.25, 0.3) is 0 Å². The summed E-state index contributed by atoms with van der Waals surface area (Å²) in [6.45, 7) is 5.37. The number of aliphatic hydroxyl groups is 1.